The van der Waals surface area contributed by atoms with Crippen molar-refractivity contribution in [3.05, 3.63) is 35.0 Å². The Labute approximate surface area is 143 Å². The van der Waals surface area contributed by atoms with Gasteiger partial charge in [0.2, 0.25) is 0 Å². The van der Waals surface area contributed by atoms with E-state index in [0.717, 1.165) is 45.4 Å². The van der Waals surface area contributed by atoms with E-state index in [-0.39, 0.29) is 6.04 Å². The van der Waals surface area contributed by atoms with Crippen molar-refractivity contribution in [2.24, 2.45) is 0 Å². The standard InChI is InChI=1S/C17H16N4O2S/c1-10(2)21-16(18-9-19-21)17-20-15-12-7-11(8-22)3-4-13(12)23-6-5-14(15)24-17/h3-4,7-10H,5-6H2,1-2H3. The molecule has 24 heavy (non-hydrogen) atoms. The van der Waals surface area contributed by atoms with Crippen molar-refractivity contribution in [2.75, 3.05) is 6.61 Å². The first-order chi connectivity index (χ1) is 11.7. The highest BCUT2D eigenvalue weighted by molar-refractivity contribution is 7.15. The summed E-state index contributed by atoms with van der Waals surface area (Å²) in [4.78, 5) is 21.5. The van der Waals surface area contributed by atoms with Gasteiger partial charge in [-0.1, -0.05) is 0 Å². The van der Waals surface area contributed by atoms with Gasteiger partial charge in [0.15, 0.2) is 10.8 Å². The van der Waals surface area contributed by atoms with Gasteiger partial charge in [-0.3, -0.25) is 4.79 Å². The van der Waals surface area contributed by atoms with Crippen LogP contribution in [-0.4, -0.2) is 32.6 Å². The maximum absolute atomic E-state index is 11.1. The molecule has 0 aliphatic carbocycles. The summed E-state index contributed by atoms with van der Waals surface area (Å²) in [7, 11) is 0. The van der Waals surface area contributed by atoms with E-state index in [1.807, 2.05) is 16.8 Å². The molecule has 7 heteroatoms. The van der Waals surface area contributed by atoms with Gasteiger partial charge in [0.25, 0.3) is 0 Å². The molecule has 1 aliphatic heterocycles. The molecule has 3 aromatic rings. The minimum atomic E-state index is 0.212. The van der Waals surface area contributed by atoms with Crippen LogP contribution in [0.4, 0.5) is 0 Å². The van der Waals surface area contributed by atoms with Gasteiger partial charge in [-0.25, -0.2) is 14.6 Å². The van der Waals surface area contributed by atoms with Crippen molar-refractivity contribution in [3.63, 3.8) is 0 Å². The van der Waals surface area contributed by atoms with Gasteiger partial charge < -0.3 is 4.74 Å². The Morgan fingerprint density at radius 3 is 3.04 bits per heavy atom. The Kier molecular flexibility index (Phi) is 3.65. The average Bonchev–Trinajstić information content (AvgIpc) is 3.19. The smallest absolute Gasteiger partial charge is 0.187 e. The van der Waals surface area contributed by atoms with Gasteiger partial charge in [-0.15, -0.1) is 11.3 Å². The van der Waals surface area contributed by atoms with Crippen molar-refractivity contribution >= 4 is 17.6 Å². The largest absolute Gasteiger partial charge is 0.493 e. The molecule has 0 bridgehead atoms. The molecule has 0 fully saturated rings. The number of carbonyl (C=O) groups excluding carboxylic acids is 1. The quantitative estimate of drug-likeness (QED) is 0.684. The second-order valence-electron chi connectivity index (χ2n) is 5.88. The fourth-order valence-electron chi connectivity index (χ4n) is 2.79. The van der Waals surface area contributed by atoms with Gasteiger partial charge in [0.1, 0.15) is 18.4 Å². The minimum Gasteiger partial charge on any atom is -0.493 e. The summed E-state index contributed by atoms with van der Waals surface area (Å²) in [6, 6.07) is 5.65. The first-order valence-electron chi connectivity index (χ1n) is 7.79. The molecule has 4 rings (SSSR count). The molecule has 1 aromatic carbocycles. The number of aldehydes is 1. The van der Waals surface area contributed by atoms with Crippen LogP contribution in [0, 0.1) is 0 Å². The third-order valence-corrected chi connectivity index (χ3v) is 5.04. The molecule has 0 N–H and O–H groups in total. The maximum Gasteiger partial charge on any atom is 0.187 e. The van der Waals surface area contributed by atoms with Crippen molar-refractivity contribution in [3.8, 4) is 27.8 Å². The van der Waals surface area contributed by atoms with Crippen LogP contribution in [0.25, 0.3) is 22.1 Å². The number of hydrogen-bond acceptors (Lipinski definition) is 6. The molecule has 1 aliphatic rings. The number of hydrogen-bond donors (Lipinski definition) is 0. The fraction of sp³-hybridized carbons (Fsp3) is 0.294. The molecule has 3 heterocycles. The van der Waals surface area contributed by atoms with E-state index >= 15 is 0 Å². The number of aromatic nitrogens is 4. The van der Waals surface area contributed by atoms with Crippen LogP contribution in [0.1, 0.15) is 35.1 Å². The summed E-state index contributed by atoms with van der Waals surface area (Å²) < 4.78 is 7.67. The van der Waals surface area contributed by atoms with Crippen LogP contribution in [-0.2, 0) is 6.42 Å². The van der Waals surface area contributed by atoms with E-state index in [1.165, 1.54) is 0 Å². The van der Waals surface area contributed by atoms with Gasteiger partial charge in [-0.2, -0.15) is 5.10 Å². The number of ether oxygens (including phenoxy) is 1. The summed E-state index contributed by atoms with van der Waals surface area (Å²) >= 11 is 1.61. The van der Waals surface area contributed by atoms with E-state index in [4.69, 9.17) is 9.72 Å². The number of fused-ring (bicyclic) bond motifs is 3. The third kappa shape index (κ3) is 2.41. The van der Waals surface area contributed by atoms with Crippen LogP contribution in [0.2, 0.25) is 0 Å². The van der Waals surface area contributed by atoms with Crippen molar-refractivity contribution in [1.82, 2.24) is 19.7 Å². The number of rotatable bonds is 3. The van der Waals surface area contributed by atoms with Crippen LogP contribution >= 0.6 is 11.3 Å². The highest BCUT2D eigenvalue weighted by atomic mass is 32.1. The zero-order valence-corrected chi connectivity index (χ0v) is 14.2. The first-order valence-corrected chi connectivity index (χ1v) is 8.61. The highest BCUT2D eigenvalue weighted by Gasteiger charge is 2.23. The van der Waals surface area contributed by atoms with E-state index in [2.05, 4.69) is 23.9 Å². The Balaban J connectivity index is 1.87. The predicted octanol–water partition coefficient (Wildman–Crippen LogP) is 3.40. The lowest BCUT2D eigenvalue weighted by atomic mass is 10.1. The highest BCUT2D eigenvalue weighted by Crippen LogP contribution is 2.40. The first kappa shape index (κ1) is 15.0. The lowest BCUT2D eigenvalue weighted by Gasteiger charge is -2.08. The minimum absolute atomic E-state index is 0.212. The van der Waals surface area contributed by atoms with Gasteiger partial charge in [0.05, 0.1) is 12.3 Å². The second-order valence-corrected chi connectivity index (χ2v) is 6.97. The molecule has 0 spiro atoms. The van der Waals surface area contributed by atoms with Crippen LogP contribution in [0.15, 0.2) is 24.5 Å². The summed E-state index contributed by atoms with van der Waals surface area (Å²) in [6.07, 6.45) is 3.19. The second kappa shape index (κ2) is 5.83. The zero-order valence-electron chi connectivity index (χ0n) is 13.4. The number of thiazole rings is 1. The summed E-state index contributed by atoms with van der Waals surface area (Å²) in [5.74, 6) is 1.54. The molecule has 6 nitrogen and oxygen atoms in total. The molecule has 0 unspecified atom stereocenters. The fourth-order valence-corrected chi connectivity index (χ4v) is 3.84. The molecule has 0 saturated carbocycles. The van der Waals surface area contributed by atoms with Crippen molar-refractivity contribution in [2.45, 2.75) is 26.3 Å². The lowest BCUT2D eigenvalue weighted by molar-refractivity contribution is 0.112. The molecule has 2 aromatic heterocycles. The van der Waals surface area contributed by atoms with Gasteiger partial charge >= 0.3 is 0 Å². The zero-order chi connectivity index (χ0) is 16.7. The summed E-state index contributed by atoms with van der Waals surface area (Å²) in [5.41, 5.74) is 2.36. The molecule has 0 amide bonds. The topological polar surface area (TPSA) is 69.9 Å². The SMILES string of the molecule is CC(C)n1ncnc1-c1nc2c(s1)CCOc1ccc(C=O)cc1-2. The Morgan fingerprint density at radius 2 is 2.25 bits per heavy atom. The third-order valence-electron chi connectivity index (χ3n) is 3.93. The molecule has 0 atom stereocenters. The monoisotopic (exact) mass is 340 g/mol. The van der Waals surface area contributed by atoms with E-state index in [0.29, 0.717) is 12.2 Å². The molecule has 122 valence electrons. The predicted molar refractivity (Wildman–Crippen MR) is 91.5 cm³/mol. The van der Waals surface area contributed by atoms with Crippen molar-refractivity contribution < 1.29 is 9.53 Å². The Morgan fingerprint density at radius 1 is 1.38 bits per heavy atom. The lowest BCUT2D eigenvalue weighted by Crippen LogP contribution is -2.04. The molecule has 0 saturated heterocycles. The normalized spacial score (nSPS) is 13.1. The van der Waals surface area contributed by atoms with Crippen LogP contribution < -0.4 is 4.74 Å². The van der Waals surface area contributed by atoms with Crippen LogP contribution in [0.5, 0.6) is 5.75 Å². The van der Waals surface area contributed by atoms with E-state index < -0.39 is 0 Å². The average molecular weight is 340 g/mol. The summed E-state index contributed by atoms with van der Waals surface area (Å²) in [6.45, 7) is 4.73. The number of carbonyl (C=O) groups is 1. The van der Waals surface area contributed by atoms with E-state index in [1.54, 1.807) is 23.7 Å². The molecular formula is C17H16N4O2S. The molecular weight excluding hydrogens is 324 g/mol. The Hall–Kier alpha value is -2.54. The number of nitrogens with zero attached hydrogens (tertiary/aromatic N) is 4. The van der Waals surface area contributed by atoms with Gasteiger partial charge in [0, 0.05) is 28.5 Å². The summed E-state index contributed by atoms with van der Waals surface area (Å²) in [5, 5.41) is 5.13. The van der Waals surface area contributed by atoms with Crippen LogP contribution in [0.3, 0.4) is 0 Å². The number of benzene rings is 1. The maximum atomic E-state index is 11.1. The van der Waals surface area contributed by atoms with Gasteiger partial charge in [-0.05, 0) is 32.0 Å². The van der Waals surface area contributed by atoms with E-state index in [9.17, 15) is 4.79 Å². The van der Waals surface area contributed by atoms with Crippen molar-refractivity contribution in [1.29, 1.82) is 0 Å². The Bertz CT molecular complexity index is 913. The molecule has 0 radical (unpaired) electrons.